The summed E-state index contributed by atoms with van der Waals surface area (Å²) >= 11 is 6.01. The molecule has 2 heterocycles. The highest BCUT2D eigenvalue weighted by Gasteiger charge is 2.26. The fraction of sp³-hybridized carbons (Fsp3) is 0.471. The molecule has 4 nitrogen and oxygen atoms in total. The van der Waals surface area contributed by atoms with Gasteiger partial charge in [-0.3, -0.25) is 4.90 Å². The van der Waals surface area contributed by atoms with Gasteiger partial charge in [-0.25, -0.2) is 4.98 Å². The Morgan fingerprint density at radius 3 is 3.14 bits per heavy atom. The molecule has 1 saturated heterocycles. The van der Waals surface area contributed by atoms with Gasteiger partial charge in [-0.2, -0.15) is 0 Å². The first-order valence-electron chi connectivity index (χ1n) is 7.74. The third-order valence-corrected chi connectivity index (χ3v) is 4.34. The van der Waals surface area contributed by atoms with E-state index in [0.717, 1.165) is 37.2 Å². The van der Waals surface area contributed by atoms with Crippen LogP contribution in [0.4, 0.5) is 0 Å². The van der Waals surface area contributed by atoms with Gasteiger partial charge in [-0.05, 0) is 50.9 Å². The van der Waals surface area contributed by atoms with Gasteiger partial charge >= 0.3 is 0 Å². The van der Waals surface area contributed by atoms with Gasteiger partial charge in [0.1, 0.15) is 6.26 Å². The van der Waals surface area contributed by atoms with E-state index in [2.05, 4.69) is 9.88 Å². The molecule has 5 heteroatoms. The summed E-state index contributed by atoms with van der Waals surface area (Å²) in [5, 5.41) is 10.3. The van der Waals surface area contributed by atoms with Gasteiger partial charge in [0.25, 0.3) is 0 Å². The van der Waals surface area contributed by atoms with Crippen molar-refractivity contribution in [3.05, 3.63) is 41.2 Å². The Morgan fingerprint density at radius 1 is 1.50 bits per heavy atom. The highest BCUT2D eigenvalue weighted by molar-refractivity contribution is 6.30. The summed E-state index contributed by atoms with van der Waals surface area (Å²) in [6.07, 6.45) is 4.60. The number of hydrogen-bond acceptors (Lipinski definition) is 4. The molecule has 0 aliphatic carbocycles. The minimum Gasteiger partial charge on any atom is -0.444 e. The number of aliphatic hydroxyl groups is 1. The molecule has 0 bridgehead atoms. The maximum absolute atomic E-state index is 9.60. The average Bonchev–Trinajstić information content (AvgIpc) is 3.09. The molecule has 1 N–H and O–H groups in total. The minimum absolute atomic E-state index is 0.259. The van der Waals surface area contributed by atoms with Crippen molar-refractivity contribution in [2.45, 2.75) is 44.9 Å². The molecule has 1 aromatic heterocycles. The van der Waals surface area contributed by atoms with Gasteiger partial charge in [0.2, 0.25) is 5.89 Å². The van der Waals surface area contributed by atoms with Crippen molar-refractivity contribution in [1.82, 2.24) is 9.88 Å². The van der Waals surface area contributed by atoms with Crippen LogP contribution in [0.2, 0.25) is 5.02 Å². The van der Waals surface area contributed by atoms with Crippen LogP contribution < -0.4 is 0 Å². The van der Waals surface area contributed by atoms with Gasteiger partial charge in [0.15, 0.2) is 0 Å². The summed E-state index contributed by atoms with van der Waals surface area (Å²) in [5.74, 6) is 0.601. The zero-order valence-electron chi connectivity index (χ0n) is 12.7. The topological polar surface area (TPSA) is 49.5 Å². The third kappa shape index (κ3) is 3.69. The minimum atomic E-state index is -0.259. The van der Waals surface area contributed by atoms with E-state index in [1.54, 1.807) is 6.26 Å². The zero-order chi connectivity index (χ0) is 15.5. The van der Waals surface area contributed by atoms with E-state index in [-0.39, 0.29) is 6.10 Å². The molecular weight excluding hydrogens is 300 g/mol. The van der Waals surface area contributed by atoms with E-state index in [1.165, 1.54) is 6.42 Å². The number of rotatable bonds is 5. The van der Waals surface area contributed by atoms with Crippen molar-refractivity contribution in [2.75, 3.05) is 6.54 Å². The number of likely N-dealkylation sites (tertiary alicyclic amines) is 1. The van der Waals surface area contributed by atoms with Crippen molar-refractivity contribution in [3.63, 3.8) is 0 Å². The van der Waals surface area contributed by atoms with Crippen LogP contribution in [0.15, 0.2) is 34.9 Å². The number of hydrogen-bond donors (Lipinski definition) is 1. The normalized spacial score (nSPS) is 20.4. The van der Waals surface area contributed by atoms with Crippen molar-refractivity contribution in [3.8, 4) is 11.5 Å². The predicted molar refractivity (Wildman–Crippen MR) is 86.7 cm³/mol. The molecule has 0 spiro atoms. The van der Waals surface area contributed by atoms with E-state index in [4.69, 9.17) is 16.0 Å². The molecule has 1 aliphatic heterocycles. The van der Waals surface area contributed by atoms with Crippen LogP contribution in [0.5, 0.6) is 0 Å². The number of aliphatic hydroxyl groups excluding tert-OH is 1. The number of benzene rings is 1. The van der Waals surface area contributed by atoms with Crippen LogP contribution in [-0.4, -0.2) is 33.7 Å². The lowest BCUT2D eigenvalue weighted by molar-refractivity contribution is 0.130. The summed E-state index contributed by atoms with van der Waals surface area (Å²) in [7, 11) is 0. The predicted octanol–water partition coefficient (Wildman–Crippen LogP) is 3.73. The Kier molecular flexibility index (Phi) is 4.81. The highest BCUT2D eigenvalue weighted by atomic mass is 35.5. The molecule has 2 unspecified atom stereocenters. The van der Waals surface area contributed by atoms with Gasteiger partial charge in [0, 0.05) is 23.2 Å². The fourth-order valence-corrected chi connectivity index (χ4v) is 3.30. The van der Waals surface area contributed by atoms with Gasteiger partial charge in [-0.15, -0.1) is 0 Å². The maximum atomic E-state index is 9.60. The zero-order valence-corrected chi connectivity index (χ0v) is 13.5. The Hall–Kier alpha value is -1.36. The first kappa shape index (κ1) is 15.5. The third-order valence-electron chi connectivity index (χ3n) is 4.10. The lowest BCUT2D eigenvalue weighted by Crippen LogP contribution is -2.31. The molecule has 118 valence electrons. The van der Waals surface area contributed by atoms with Crippen LogP contribution in [0.25, 0.3) is 11.5 Å². The van der Waals surface area contributed by atoms with E-state index < -0.39 is 0 Å². The van der Waals surface area contributed by atoms with E-state index >= 15 is 0 Å². The Labute approximate surface area is 135 Å². The van der Waals surface area contributed by atoms with Crippen molar-refractivity contribution >= 4 is 11.6 Å². The highest BCUT2D eigenvalue weighted by Crippen LogP contribution is 2.26. The smallest absolute Gasteiger partial charge is 0.226 e. The summed E-state index contributed by atoms with van der Waals surface area (Å²) < 4.78 is 5.59. The van der Waals surface area contributed by atoms with Gasteiger partial charge in [-0.1, -0.05) is 17.7 Å². The van der Waals surface area contributed by atoms with Crippen molar-refractivity contribution in [2.24, 2.45) is 0 Å². The van der Waals surface area contributed by atoms with E-state index in [1.807, 2.05) is 31.2 Å². The summed E-state index contributed by atoms with van der Waals surface area (Å²) in [6, 6.07) is 7.95. The molecule has 1 aromatic carbocycles. The van der Waals surface area contributed by atoms with Gasteiger partial charge in [0.05, 0.1) is 11.8 Å². The monoisotopic (exact) mass is 320 g/mol. The van der Waals surface area contributed by atoms with E-state index in [0.29, 0.717) is 17.0 Å². The number of nitrogens with zero attached hydrogens (tertiary/aromatic N) is 2. The molecular formula is C17H21ClN2O2. The number of oxazole rings is 1. The first-order valence-corrected chi connectivity index (χ1v) is 8.12. The molecule has 2 atom stereocenters. The van der Waals surface area contributed by atoms with Gasteiger partial charge < -0.3 is 9.52 Å². The van der Waals surface area contributed by atoms with Crippen molar-refractivity contribution in [1.29, 1.82) is 0 Å². The van der Waals surface area contributed by atoms with Crippen LogP contribution in [-0.2, 0) is 6.54 Å². The largest absolute Gasteiger partial charge is 0.444 e. The molecule has 3 rings (SSSR count). The molecule has 2 aromatic rings. The fourth-order valence-electron chi connectivity index (χ4n) is 3.11. The SMILES string of the molecule is CC(O)CC1CCCN1Cc1coc(-c2cccc(Cl)c2)n1. The standard InChI is InChI=1S/C17H21ClN2O2/c1-12(21)8-16-6-3-7-20(16)10-15-11-22-17(19-15)13-4-2-5-14(18)9-13/h2,4-5,9,11-12,16,21H,3,6-8,10H2,1H3. The molecule has 0 radical (unpaired) electrons. The van der Waals surface area contributed by atoms with Crippen LogP contribution in [0.3, 0.4) is 0 Å². The number of halogens is 1. The Bertz CT molecular complexity index is 627. The Morgan fingerprint density at radius 2 is 2.36 bits per heavy atom. The lowest BCUT2D eigenvalue weighted by atomic mass is 10.1. The maximum Gasteiger partial charge on any atom is 0.226 e. The number of aromatic nitrogens is 1. The molecule has 0 saturated carbocycles. The quantitative estimate of drug-likeness (QED) is 0.912. The van der Waals surface area contributed by atoms with Crippen LogP contribution in [0.1, 0.15) is 31.9 Å². The summed E-state index contributed by atoms with van der Waals surface area (Å²) in [5.41, 5.74) is 1.81. The average molecular weight is 321 g/mol. The molecule has 1 aliphatic rings. The molecule has 22 heavy (non-hydrogen) atoms. The van der Waals surface area contributed by atoms with Crippen molar-refractivity contribution < 1.29 is 9.52 Å². The Balaban J connectivity index is 1.69. The van der Waals surface area contributed by atoms with Crippen LogP contribution >= 0.6 is 11.6 Å². The summed E-state index contributed by atoms with van der Waals surface area (Å²) in [6.45, 7) is 3.67. The lowest BCUT2D eigenvalue weighted by Gasteiger charge is -2.24. The second kappa shape index (κ2) is 6.82. The molecule has 1 fully saturated rings. The van der Waals surface area contributed by atoms with Crippen LogP contribution in [0, 0.1) is 0 Å². The summed E-state index contributed by atoms with van der Waals surface area (Å²) in [4.78, 5) is 6.95. The van der Waals surface area contributed by atoms with E-state index in [9.17, 15) is 5.11 Å². The second-order valence-electron chi connectivity index (χ2n) is 6.01. The molecule has 0 amide bonds. The first-order chi connectivity index (χ1) is 10.6. The second-order valence-corrected chi connectivity index (χ2v) is 6.44.